The van der Waals surface area contributed by atoms with E-state index in [1.54, 1.807) is 13.0 Å². The molecule has 5 rings (SSSR count). The molecule has 2 atom stereocenters. The van der Waals surface area contributed by atoms with Crippen molar-refractivity contribution >= 4 is 23.5 Å². The molecule has 2 fully saturated rings. The van der Waals surface area contributed by atoms with E-state index in [1.807, 2.05) is 30.3 Å². The highest BCUT2D eigenvalue weighted by atomic mass is 19.4. The molecule has 1 saturated heterocycles. The first-order valence-corrected chi connectivity index (χ1v) is 10.5. The fourth-order valence-electron chi connectivity index (χ4n) is 4.00. The Morgan fingerprint density at radius 1 is 1.24 bits per heavy atom. The predicted molar refractivity (Wildman–Crippen MR) is 111 cm³/mol. The van der Waals surface area contributed by atoms with Crippen LogP contribution in [0.3, 0.4) is 0 Å². The molecule has 2 aliphatic rings. The molecule has 1 aliphatic heterocycles. The van der Waals surface area contributed by atoms with E-state index >= 15 is 0 Å². The van der Waals surface area contributed by atoms with Crippen LogP contribution in [0.15, 0.2) is 42.6 Å². The average molecular weight is 459 g/mol. The first kappa shape index (κ1) is 21.2. The number of ether oxygens (including phenoxy) is 1. The molecule has 1 aliphatic carbocycles. The van der Waals surface area contributed by atoms with Gasteiger partial charge >= 0.3 is 12.3 Å². The smallest absolute Gasteiger partial charge is 0.416 e. The van der Waals surface area contributed by atoms with Crippen LogP contribution in [0.2, 0.25) is 0 Å². The summed E-state index contributed by atoms with van der Waals surface area (Å²) in [6.45, 7) is 1.91. The zero-order valence-electron chi connectivity index (χ0n) is 17.5. The van der Waals surface area contributed by atoms with E-state index in [9.17, 15) is 22.8 Å². The second-order valence-corrected chi connectivity index (χ2v) is 8.27. The number of aryl methyl sites for hydroxylation is 1. The molecule has 1 saturated carbocycles. The molecule has 2 amide bonds. The third-order valence-electron chi connectivity index (χ3n) is 5.87. The van der Waals surface area contributed by atoms with E-state index in [0.29, 0.717) is 18.5 Å². The number of amides is 2. The molecule has 1 unspecified atom stereocenters. The molecule has 33 heavy (non-hydrogen) atoms. The number of nitrogens with one attached hydrogen (secondary N) is 1. The summed E-state index contributed by atoms with van der Waals surface area (Å²) in [4.78, 5) is 31.0. The Hall–Kier alpha value is -3.63. The van der Waals surface area contributed by atoms with Crippen molar-refractivity contribution in [2.45, 2.75) is 38.1 Å². The Bertz CT molecular complexity index is 1220. The molecule has 0 spiro atoms. The number of benzene rings is 1. The number of cyclic esters (lactones) is 1. The molecule has 0 radical (unpaired) electrons. The maximum absolute atomic E-state index is 13.4. The first-order chi connectivity index (χ1) is 15.7. The summed E-state index contributed by atoms with van der Waals surface area (Å²) in [6, 6.07) is 8.93. The van der Waals surface area contributed by atoms with Crippen molar-refractivity contribution in [3.05, 3.63) is 59.4 Å². The van der Waals surface area contributed by atoms with Gasteiger partial charge in [0.2, 0.25) is 0 Å². The minimum absolute atomic E-state index is 0.0650. The largest absolute Gasteiger partial charge is 0.439 e. The summed E-state index contributed by atoms with van der Waals surface area (Å²) in [5.41, 5.74) is 1.35. The van der Waals surface area contributed by atoms with Crippen molar-refractivity contribution < 1.29 is 27.5 Å². The summed E-state index contributed by atoms with van der Waals surface area (Å²) >= 11 is 0. The molecule has 8 nitrogen and oxygen atoms in total. The van der Waals surface area contributed by atoms with Crippen LogP contribution in [0.1, 0.15) is 40.6 Å². The topological polar surface area (TPSA) is 88.8 Å². The maximum Gasteiger partial charge on any atom is 0.416 e. The fourth-order valence-corrected chi connectivity index (χ4v) is 4.00. The number of alkyl halides is 3. The van der Waals surface area contributed by atoms with E-state index in [4.69, 9.17) is 4.74 Å². The highest BCUT2D eigenvalue weighted by Crippen LogP contribution is 2.40. The summed E-state index contributed by atoms with van der Waals surface area (Å²) < 4.78 is 46.9. The Balaban J connectivity index is 1.44. The van der Waals surface area contributed by atoms with Crippen LogP contribution in [0.25, 0.3) is 5.65 Å². The molecular formula is C22H20F3N5O3. The number of carbonyl (C=O) groups excluding carboxylic acids is 2. The normalized spacial score (nSPS) is 19.6. The first-order valence-electron chi connectivity index (χ1n) is 10.5. The number of hydrogen-bond acceptors (Lipinski definition) is 5. The number of anilines is 1. The minimum Gasteiger partial charge on any atom is -0.439 e. The van der Waals surface area contributed by atoms with Crippen LogP contribution in [0, 0.1) is 12.8 Å². The molecular weight excluding hydrogens is 439 g/mol. The predicted octanol–water partition coefficient (Wildman–Crippen LogP) is 3.81. The number of aromatic nitrogens is 3. The van der Waals surface area contributed by atoms with Crippen molar-refractivity contribution in [3.63, 3.8) is 0 Å². The second-order valence-electron chi connectivity index (χ2n) is 8.27. The number of hydrogen-bond donors (Lipinski definition) is 1. The lowest BCUT2D eigenvalue weighted by molar-refractivity contribution is -0.158. The van der Waals surface area contributed by atoms with E-state index in [-0.39, 0.29) is 23.6 Å². The monoisotopic (exact) mass is 459 g/mol. The van der Waals surface area contributed by atoms with Gasteiger partial charge in [-0.05, 0) is 31.2 Å². The summed E-state index contributed by atoms with van der Waals surface area (Å²) in [5, 5.41) is 6.19. The molecule has 3 aromatic rings. The Kier molecular flexibility index (Phi) is 4.98. The van der Waals surface area contributed by atoms with Gasteiger partial charge in [-0.3, -0.25) is 9.69 Å². The SMILES string of the molecule is Cc1cc(N2C[C@@H](c3ccccc3)OC2=O)nc2c(C(=O)NC(C3CC3)C(F)(F)F)cnn12. The summed E-state index contributed by atoms with van der Waals surface area (Å²) in [6.07, 6.45) is -3.61. The van der Waals surface area contributed by atoms with Crippen molar-refractivity contribution in [1.82, 2.24) is 19.9 Å². The zero-order chi connectivity index (χ0) is 23.3. The molecule has 2 aromatic heterocycles. The standard InChI is InChI=1S/C22H20F3N5O3/c1-12-9-17(29-11-16(33-21(29)32)13-5-3-2-4-6-13)27-19-15(10-26-30(12)19)20(31)28-18(14-7-8-14)22(23,24)25/h2-6,9-10,14,16,18H,7-8,11H2,1H3,(H,28,31)/t16-,18?/m0/s1. The van der Waals surface area contributed by atoms with Gasteiger partial charge < -0.3 is 10.1 Å². The third-order valence-corrected chi connectivity index (χ3v) is 5.87. The van der Waals surface area contributed by atoms with Gasteiger partial charge in [-0.1, -0.05) is 30.3 Å². The molecule has 11 heteroatoms. The average Bonchev–Trinajstić information content (AvgIpc) is 3.39. The number of fused-ring (bicyclic) bond motifs is 1. The van der Waals surface area contributed by atoms with Crippen LogP contribution in [-0.4, -0.2) is 45.4 Å². The van der Waals surface area contributed by atoms with Gasteiger partial charge in [-0.25, -0.2) is 14.3 Å². The highest BCUT2D eigenvalue weighted by Gasteiger charge is 2.50. The third kappa shape index (κ3) is 3.98. The van der Waals surface area contributed by atoms with Crippen LogP contribution in [0.5, 0.6) is 0 Å². The summed E-state index contributed by atoms with van der Waals surface area (Å²) in [7, 11) is 0. The molecule has 172 valence electrons. The molecule has 1 N–H and O–H groups in total. The Labute approximate surface area is 186 Å². The zero-order valence-corrected chi connectivity index (χ0v) is 17.5. The highest BCUT2D eigenvalue weighted by molar-refractivity contribution is 6.00. The summed E-state index contributed by atoms with van der Waals surface area (Å²) in [5.74, 6) is -1.29. The van der Waals surface area contributed by atoms with E-state index in [2.05, 4.69) is 15.4 Å². The lowest BCUT2D eigenvalue weighted by Gasteiger charge is -2.21. The van der Waals surface area contributed by atoms with Gasteiger partial charge in [0.1, 0.15) is 23.5 Å². The van der Waals surface area contributed by atoms with Crippen LogP contribution in [-0.2, 0) is 4.74 Å². The van der Waals surface area contributed by atoms with Crippen LogP contribution in [0.4, 0.5) is 23.8 Å². The Morgan fingerprint density at radius 3 is 2.64 bits per heavy atom. The van der Waals surface area contributed by atoms with E-state index in [0.717, 1.165) is 5.56 Å². The van der Waals surface area contributed by atoms with Crippen molar-refractivity contribution in [2.24, 2.45) is 5.92 Å². The molecule has 0 bridgehead atoms. The lowest BCUT2D eigenvalue weighted by atomic mass is 10.1. The van der Waals surface area contributed by atoms with Gasteiger partial charge in [0.15, 0.2) is 5.65 Å². The fraction of sp³-hybridized carbons (Fsp3) is 0.364. The second kappa shape index (κ2) is 7.75. The molecule has 3 heterocycles. The number of halogens is 3. The Morgan fingerprint density at radius 2 is 1.97 bits per heavy atom. The van der Waals surface area contributed by atoms with Gasteiger partial charge in [-0.2, -0.15) is 18.3 Å². The van der Waals surface area contributed by atoms with Crippen molar-refractivity contribution in [3.8, 4) is 0 Å². The number of rotatable bonds is 5. The molecule has 1 aromatic carbocycles. The van der Waals surface area contributed by atoms with Crippen molar-refractivity contribution in [2.75, 3.05) is 11.4 Å². The van der Waals surface area contributed by atoms with Gasteiger partial charge in [0, 0.05) is 11.8 Å². The van der Waals surface area contributed by atoms with Crippen LogP contribution < -0.4 is 10.2 Å². The number of carbonyl (C=O) groups is 2. The van der Waals surface area contributed by atoms with Gasteiger partial charge in [0.25, 0.3) is 5.91 Å². The van der Waals surface area contributed by atoms with Gasteiger partial charge in [0.05, 0.1) is 12.7 Å². The van der Waals surface area contributed by atoms with E-state index in [1.165, 1.54) is 15.6 Å². The van der Waals surface area contributed by atoms with E-state index < -0.39 is 36.2 Å². The minimum atomic E-state index is -4.54. The van der Waals surface area contributed by atoms with Gasteiger partial charge in [-0.15, -0.1) is 0 Å². The number of nitrogens with zero attached hydrogens (tertiary/aromatic N) is 4. The lowest BCUT2D eigenvalue weighted by Crippen LogP contribution is -2.46. The maximum atomic E-state index is 13.4. The van der Waals surface area contributed by atoms with Crippen LogP contribution >= 0.6 is 0 Å². The quantitative estimate of drug-likeness (QED) is 0.627. The van der Waals surface area contributed by atoms with Crippen molar-refractivity contribution in [1.29, 1.82) is 0 Å².